The molecule has 0 radical (unpaired) electrons. The molecular weight excluding hydrogens is 216 g/mol. The van der Waals surface area contributed by atoms with Gasteiger partial charge in [0.15, 0.2) is 0 Å². The molecule has 2 saturated carbocycles. The van der Waals surface area contributed by atoms with Crippen LogP contribution in [0.3, 0.4) is 0 Å². The summed E-state index contributed by atoms with van der Waals surface area (Å²) in [6.07, 6.45) is 11.6. The van der Waals surface area contributed by atoms with Gasteiger partial charge in [0.2, 0.25) is 0 Å². The van der Waals surface area contributed by atoms with Crippen molar-refractivity contribution in [1.29, 1.82) is 0 Å². The highest BCUT2D eigenvalue weighted by molar-refractivity contribution is 5.00. The third kappa shape index (κ3) is 3.19. The second-order valence-electron chi connectivity index (χ2n) is 7.31. The fourth-order valence-corrected chi connectivity index (χ4v) is 4.78. The number of fused-ring (bicyclic) bond motifs is 1. The Morgan fingerprint density at radius 1 is 1.33 bits per heavy atom. The smallest absolute Gasteiger partial charge is 0.0294 e. The fraction of sp³-hybridized carbons (Fsp3) is 0.889. The van der Waals surface area contributed by atoms with Gasteiger partial charge >= 0.3 is 0 Å². The van der Waals surface area contributed by atoms with Gasteiger partial charge in [-0.1, -0.05) is 45.1 Å². The Balaban J connectivity index is 1.90. The number of hydrogen-bond donors (Lipinski definition) is 0. The molecule has 0 N–H and O–H groups in total. The van der Waals surface area contributed by atoms with Gasteiger partial charge in [0.25, 0.3) is 0 Å². The molecule has 5 unspecified atom stereocenters. The summed E-state index contributed by atoms with van der Waals surface area (Å²) in [7, 11) is 0. The molecule has 18 heavy (non-hydrogen) atoms. The third-order valence-corrected chi connectivity index (χ3v) is 5.55. The first-order chi connectivity index (χ1) is 8.61. The van der Waals surface area contributed by atoms with E-state index >= 15 is 0 Å². The van der Waals surface area contributed by atoms with Crippen LogP contribution >= 0.6 is 0 Å². The van der Waals surface area contributed by atoms with Crippen molar-refractivity contribution in [3.8, 4) is 0 Å². The summed E-state index contributed by atoms with van der Waals surface area (Å²) < 4.78 is 0. The zero-order valence-electron chi connectivity index (χ0n) is 12.8. The molecule has 0 aromatic carbocycles. The van der Waals surface area contributed by atoms with Gasteiger partial charge in [-0.15, -0.1) is 6.58 Å². The first kappa shape index (κ1) is 14.2. The monoisotopic (exact) mass is 248 g/mol. The Bertz CT molecular complexity index is 278. The predicted octanol–water partition coefficient (Wildman–Crippen LogP) is 5.83. The molecule has 0 spiro atoms. The second kappa shape index (κ2) is 6.26. The minimum absolute atomic E-state index is 0.916. The van der Waals surface area contributed by atoms with Crippen LogP contribution in [0.1, 0.15) is 72.1 Å². The number of allylic oxidation sites excluding steroid dienone is 1. The van der Waals surface area contributed by atoms with Crippen LogP contribution in [0, 0.1) is 29.6 Å². The molecule has 2 rings (SSSR count). The Labute approximate surface area is 114 Å². The van der Waals surface area contributed by atoms with Gasteiger partial charge in [-0.3, -0.25) is 0 Å². The molecular formula is C18H32. The third-order valence-electron chi connectivity index (χ3n) is 5.55. The van der Waals surface area contributed by atoms with Crippen LogP contribution in [0.25, 0.3) is 0 Å². The van der Waals surface area contributed by atoms with E-state index in [9.17, 15) is 0 Å². The van der Waals surface area contributed by atoms with Crippen molar-refractivity contribution in [2.45, 2.75) is 72.1 Å². The van der Waals surface area contributed by atoms with E-state index in [1.165, 1.54) is 50.5 Å². The van der Waals surface area contributed by atoms with Crippen molar-refractivity contribution in [2.24, 2.45) is 29.6 Å². The molecule has 0 nitrogen and oxygen atoms in total. The maximum absolute atomic E-state index is 4.17. The van der Waals surface area contributed by atoms with Crippen molar-refractivity contribution in [2.75, 3.05) is 0 Å². The molecule has 2 aliphatic carbocycles. The van der Waals surface area contributed by atoms with Crippen molar-refractivity contribution >= 4 is 0 Å². The Morgan fingerprint density at radius 2 is 2.11 bits per heavy atom. The van der Waals surface area contributed by atoms with Crippen molar-refractivity contribution in [3.05, 3.63) is 12.2 Å². The fourth-order valence-electron chi connectivity index (χ4n) is 4.78. The van der Waals surface area contributed by atoms with E-state index < -0.39 is 0 Å². The standard InChI is InChI=1S/C18H32/c1-5-7-14(4)11-16(10-13(2)3)18-12-15-8-6-9-17(15)18/h14-18H,2,5-12H2,1,3-4H3. The largest absolute Gasteiger partial charge is 0.100 e. The average Bonchev–Trinajstić information content (AvgIpc) is 2.59. The van der Waals surface area contributed by atoms with E-state index in [0.29, 0.717) is 0 Å². The lowest BCUT2D eigenvalue weighted by atomic mass is 9.59. The van der Waals surface area contributed by atoms with Crippen LogP contribution < -0.4 is 0 Å². The van der Waals surface area contributed by atoms with Crippen LogP contribution in [0.5, 0.6) is 0 Å². The minimum Gasteiger partial charge on any atom is -0.100 e. The van der Waals surface area contributed by atoms with Gasteiger partial charge in [0.05, 0.1) is 0 Å². The van der Waals surface area contributed by atoms with E-state index in [1.54, 1.807) is 6.42 Å². The summed E-state index contributed by atoms with van der Waals surface area (Å²) in [5, 5.41) is 0. The second-order valence-corrected chi connectivity index (χ2v) is 7.31. The Morgan fingerprint density at radius 3 is 2.72 bits per heavy atom. The molecule has 0 heterocycles. The molecule has 0 aliphatic heterocycles. The number of hydrogen-bond acceptors (Lipinski definition) is 0. The van der Waals surface area contributed by atoms with Gasteiger partial charge in [-0.05, 0) is 62.2 Å². The van der Waals surface area contributed by atoms with Gasteiger partial charge in [-0.2, -0.15) is 0 Å². The highest BCUT2D eigenvalue weighted by atomic mass is 14.5. The molecule has 2 fully saturated rings. The van der Waals surface area contributed by atoms with Gasteiger partial charge in [-0.25, -0.2) is 0 Å². The highest BCUT2D eigenvalue weighted by Gasteiger charge is 2.46. The van der Waals surface area contributed by atoms with Gasteiger partial charge in [0, 0.05) is 0 Å². The molecule has 0 heteroatoms. The van der Waals surface area contributed by atoms with Crippen molar-refractivity contribution in [3.63, 3.8) is 0 Å². The van der Waals surface area contributed by atoms with E-state index in [1.807, 2.05) is 0 Å². The first-order valence-corrected chi connectivity index (χ1v) is 8.26. The summed E-state index contributed by atoms with van der Waals surface area (Å²) >= 11 is 0. The minimum atomic E-state index is 0.916. The van der Waals surface area contributed by atoms with E-state index in [4.69, 9.17) is 0 Å². The van der Waals surface area contributed by atoms with E-state index in [2.05, 4.69) is 27.4 Å². The molecule has 0 amide bonds. The zero-order valence-corrected chi connectivity index (χ0v) is 12.8. The summed E-state index contributed by atoms with van der Waals surface area (Å²) in [5.41, 5.74) is 1.41. The van der Waals surface area contributed by atoms with E-state index in [0.717, 1.165) is 29.6 Å². The summed E-state index contributed by atoms with van der Waals surface area (Å²) in [4.78, 5) is 0. The normalized spacial score (nSPS) is 33.6. The average molecular weight is 248 g/mol. The molecule has 2 aliphatic rings. The lowest BCUT2D eigenvalue weighted by Gasteiger charge is -2.46. The maximum Gasteiger partial charge on any atom is -0.0294 e. The Kier molecular flexibility index (Phi) is 4.92. The van der Waals surface area contributed by atoms with Gasteiger partial charge < -0.3 is 0 Å². The molecule has 0 bridgehead atoms. The van der Waals surface area contributed by atoms with Crippen LogP contribution in [-0.4, -0.2) is 0 Å². The summed E-state index contributed by atoms with van der Waals surface area (Å²) in [6, 6.07) is 0. The molecule has 104 valence electrons. The Hall–Kier alpha value is -0.260. The lowest BCUT2D eigenvalue weighted by molar-refractivity contribution is 0.0372. The quantitative estimate of drug-likeness (QED) is 0.497. The molecule has 5 atom stereocenters. The van der Waals surface area contributed by atoms with Crippen molar-refractivity contribution < 1.29 is 0 Å². The highest BCUT2D eigenvalue weighted by Crippen LogP contribution is 2.55. The van der Waals surface area contributed by atoms with Crippen molar-refractivity contribution in [1.82, 2.24) is 0 Å². The van der Waals surface area contributed by atoms with Crippen LogP contribution in [-0.2, 0) is 0 Å². The topological polar surface area (TPSA) is 0 Å². The predicted molar refractivity (Wildman–Crippen MR) is 80.5 cm³/mol. The summed E-state index contributed by atoms with van der Waals surface area (Å²) in [6.45, 7) is 11.2. The van der Waals surface area contributed by atoms with E-state index in [-0.39, 0.29) is 0 Å². The summed E-state index contributed by atoms with van der Waals surface area (Å²) in [5.74, 6) is 5.13. The zero-order chi connectivity index (χ0) is 13.1. The molecule has 0 aromatic heterocycles. The van der Waals surface area contributed by atoms with Gasteiger partial charge in [0.1, 0.15) is 0 Å². The lowest BCUT2D eigenvalue weighted by Crippen LogP contribution is -2.38. The number of rotatable bonds is 7. The van der Waals surface area contributed by atoms with Crippen LogP contribution in [0.2, 0.25) is 0 Å². The molecule has 0 saturated heterocycles. The van der Waals surface area contributed by atoms with Crippen LogP contribution in [0.15, 0.2) is 12.2 Å². The first-order valence-electron chi connectivity index (χ1n) is 8.26. The SMILES string of the molecule is C=C(C)CC(CC(C)CCC)C1CC2CCCC21. The maximum atomic E-state index is 4.17. The van der Waals surface area contributed by atoms with Crippen LogP contribution in [0.4, 0.5) is 0 Å². The molecule has 0 aromatic rings.